The van der Waals surface area contributed by atoms with E-state index in [9.17, 15) is 13.2 Å². The van der Waals surface area contributed by atoms with Crippen LogP contribution in [0, 0.1) is 0 Å². The second-order valence-electron chi connectivity index (χ2n) is 3.86. The number of methoxy groups -OCH3 is 1. The Bertz CT molecular complexity index is 433. The number of nitrogens with one attached hydrogen (secondary N) is 1. The molecule has 0 saturated heterocycles. The molecule has 2 nitrogen and oxygen atoms in total. The normalized spacial score (nSPS) is 19.9. The summed E-state index contributed by atoms with van der Waals surface area (Å²) >= 11 is 3.21. The predicted octanol–water partition coefficient (Wildman–Crippen LogP) is 3.21. The number of hydrogen-bond acceptors (Lipinski definition) is 2. The van der Waals surface area contributed by atoms with E-state index in [0.717, 1.165) is 0 Å². The van der Waals surface area contributed by atoms with Crippen molar-refractivity contribution in [3.05, 3.63) is 27.7 Å². The first-order valence-corrected chi connectivity index (χ1v) is 5.89. The lowest BCUT2D eigenvalue weighted by molar-refractivity contribution is -0.158. The van der Waals surface area contributed by atoms with E-state index in [1.165, 1.54) is 13.2 Å². The highest BCUT2D eigenvalue weighted by Gasteiger charge is 2.43. The van der Waals surface area contributed by atoms with E-state index in [1.54, 1.807) is 6.07 Å². The highest BCUT2D eigenvalue weighted by molar-refractivity contribution is 9.10. The van der Waals surface area contributed by atoms with E-state index in [-0.39, 0.29) is 5.56 Å². The average Bonchev–Trinajstić information content (AvgIpc) is 2.26. The summed E-state index contributed by atoms with van der Waals surface area (Å²) in [5.41, 5.74) is 0.961. The van der Waals surface area contributed by atoms with Gasteiger partial charge >= 0.3 is 6.18 Å². The average molecular weight is 310 g/mol. The van der Waals surface area contributed by atoms with Gasteiger partial charge in [-0.2, -0.15) is 13.2 Å². The number of benzene rings is 1. The molecule has 17 heavy (non-hydrogen) atoms. The van der Waals surface area contributed by atoms with Crippen LogP contribution in [-0.2, 0) is 6.42 Å². The molecule has 0 aromatic heterocycles. The second kappa shape index (κ2) is 4.49. The molecule has 1 aliphatic heterocycles. The number of alkyl halides is 3. The SMILES string of the molecule is COc1cc2c(cc1Br)C(C(F)(F)F)NCC2. The maximum Gasteiger partial charge on any atom is 0.407 e. The van der Waals surface area contributed by atoms with E-state index in [1.807, 2.05) is 0 Å². The van der Waals surface area contributed by atoms with Crippen LogP contribution in [-0.4, -0.2) is 19.8 Å². The molecule has 94 valence electrons. The molecule has 1 aromatic carbocycles. The molecule has 1 aliphatic rings. The Balaban J connectivity index is 2.48. The van der Waals surface area contributed by atoms with Gasteiger partial charge in [0.2, 0.25) is 0 Å². The predicted molar refractivity (Wildman–Crippen MR) is 61.2 cm³/mol. The zero-order valence-corrected chi connectivity index (χ0v) is 10.7. The molecule has 1 unspecified atom stereocenters. The molecule has 0 bridgehead atoms. The van der Waals surface area contributed by atoms with Crippen LogP contribution in [0.4, 0.5) is 13.2 Å². The minimum absolute atomic E-state index is 0.274. The zero-order valence-electron chi connectivity index (χ0n) is 9.07. The first kappa shape index (κ1) is 12.7. The standard InChI is InChI=1S/C11H11BrF3NO/c1-17-9-4-6-2-3-16-10(11(13,14)15)7(6)5-8(9)12/h4-5,10,16H,2-3H2,1H3. The van der Waals surface area contributed by atoms with Gasteiger partial charge in [0.1, 0.15) is 11.8 Å². The fourth-order valence-corrected chi connectivity index (χ4v) is 2.53. The van der Waals surface area contributed by atoms with Gasteiger partial charge in [-0.25, -0.2) is 0 Å². The van der Waals surface area contributed by atoms with Crippen molar-refractivity contribution >= 4 is 15.9 Å². The van der Waals surface area contributed by atoms with Gasteiger partial charge in [0.25, 0.3) is 0 Å². The van der Waals surface area contributed by atoms with Crippen LogP contribution in [0.5, 0.6) is 5.75 Å². The van der Waals surface area contributed by atoms with Crippen molar-refractivity contribution in [3.8, 4) is 5.75 Å². The van der Waals surface area contributed by atoms with Crippen LogP contribution < -0.4 is 10.1 Å². The molecule has 2 rings (SSSR count). The third-order valence-electron chi connectivity index (χ3n) is 2.79. The first-order chi connectivity index (χ1) is 7.93. The molecule has 1 N–H and O–H groups in total. The third-order valence-corrected chi connectivity index (χ3v) is 3.41. The van der Waals surface area contributed by atoms with E-state index in [4.69, 9.17) is 4.74 Å². The van der Waals surface area contributed by atoms with E-state index >= 15 is 0 Å². The molecular weight excluding hydrogens is 299 g/mol. The van der Waals surface area contributed by atoms with Crippen molar-refractivity contribution in [2.24, 2.45) is 0 Å². The lowest BCUT2D eigenvalue weighted by Crippen LogP contribution is -2.39. The fourth-order valence-electron chi connectivity index (χ4n) is 2.01. The Labute approximate surface area is 105 Å². The number of ether oxygens (including phenoxy) is 1. The van der Waals surface area contributed by atoms with Crippen molar-refractivity contribution in [3.63, 3.8) is 0 Å². The Morgan fingerprint density at radius 1 is 1.41 bits per heavy atom. The van der Waals surface area contributed by atoms with Crippen molar-refractivity contribution in [1.82, 2.24) is 5.32 Å². The summed E-state index contributed by atoms with van der Waals surface area (Å²) in [7, 11) is 1.49. The third kappa shape index (κ3) is 2.42. The van der Waals surface area contributed by atoms with Crippen LogP contribution >= 0.6 is 15.9 Å². The Hall–Kier alpha value is -0.750. The Morgan fingerprint density at radius 2 is 2.12 bits per heavy atom. The number of rotatable bonds is 1. The summed E-state index contributed by atoms with van der Waals surface area (Å²) in [6, 6.07) is 1.56. The topological polar surface area (TPSA) is 21.3 Å². The highest BCUT2D eigenvalue weighted by atomic mass is 79.9. The van der Waals surface area contributed by atoms with Gasteiger partial charge in [-0.15, -0.1) is 0 Å². The Kier molecular flexibility index (Phi) is 3.36. The molecule has 0 radical (unpaired) electrons. The van der Waals surface area contributed by atoms with Crippen molar-refractivity contribution in [1.29, 1.82) is 0 Å². The maximum atomic E-state index is 12.8. The van der Waals surface area contributed by atoms with Gasteiger partial charge in [-0.3, -0.25) is 0 Å². The largest absolute Gasteiger partial charge is 0.496 e. The molecule has 0 spiro atoms. The number of fused-ring (bicyclic) bond motifs is 1. The second-order valence-corrected chi connectivity index (χ2v) is 4.72. The van der Waals surface area contributed by atoms with Gasteiger partial charge < -0.3 is 10.1 Å². The monoisotopic (exact) mass is 309 g/mol. The lowest BCUT2D eigenvalue weighted by Gasteiger charge is -2.29. The highest BCUT2D eigenvalue weighted by Crippen LogP contribution is 2.40. The molecule has 1 heterocycles. The van der Waals surface area contributed by atoms with E-state index in [2.05, 4.69) is 21.2 Å². The molecule has 0 aliphatic carbocycles. The summed E-state index contributed by atoms with van der Waals surface area (Å²) in [6.07, 6.45) is -3.70. The molecule has 1 atom stereocenters. The molecular formula is C11H11BrF3NO. The molecule has 1 aromatic rings. The van der Waals surface area contributed by atoms with Gasteiger partial charge in [0.15, 0.2) is 0 Å². The van der Waals surface area contributed by atoms with E-state index in [0.29, 0.717) is 28.8 Å². The summed E-state index contributed by atoms with van der Waals surface area (Å²) in [5.74, 6) is 0.562. The van der Waals surface area contributed by atoms with Crippen molar-refractivity contribution in [2.45, 2.75) is 18.6 Å². The summed E-state index contributed by atoms with van der Waals surface area (Å²) in [6.45, 7) is 0.321. The minimum Gasteiger partial charge on any atom is -0.496 e. The smallest absolute Gasteiger partial charge is 0.407 e. The van der Waals surface area contributed by atoms with Crippen LogP contribution in [0.3, 0.4) is 0 Å². The van der Waals surface area contributed by atoms with Gasteiger partial charge in [-0.05, 0) is 45.6 Å². The lowest BCUT2D eigenvalue weighted by atomic mass is 9.94. The van der Waals surface area contributed by atoms with Crippen LogP contribution in [0.2, 0.25) is 0 Å². The fraction of sp³-hybridized carbons (Fsp3) is 0.455. The van der Waals surface area contributed by atoms with E-state index < -0.39 is 12.2 Å². The number of hydrogen-bond donors (Lipinski definition) is 1. The summed E-state index contributed by atoms with van der Waals surface area (Å²) < 4.78 is 44.1. The van der Waals surface area contributed by atoms with Crippen LogP contribution in [0.25, 0.3) is 0 Å². The maximum absolute atomic E-state index is 12.8. The van der Waals surface area contributed by atoms with Gasteiger partial charge in [0.05, 0.1) is 11.6 Å². The summed E-state index contributed by atoms with van der Waals surface area (Å²) in [4.78, 5) is 0. The van der Waals surface area contributed by atoms with Gasteiger partial charge in [-0.1, -0.05) is 0 Å². The number of halogens is 4. The minimum atomic E-state index is -4.27. The zero-order chi connectivity index (χ0) is 12.6. The molecule has 0 fully saturated rings. The Morgan fingerprint density at radius 3 is 2.71 bits per heavy atom. The van der Waals surface area contributed by atoms with Crippen LogP contribution in [0.15, 0.2) is 16.6 Å². The van der Waals surface area contributed by atoms with Crippen molar-refractivity contribution in [2.75, 3.05) is 13.7 Å². The van der Waals surface area contributed by atoms with Crippen LogP contribution in [0.1, 0.15) is 17.2 Å². The molecule has 6 heteroatoms. The quantitative estimate of drug-likeness (QED) is 0.860. The molecule has 0 saturated carbocycles. The molecule has 0 amide bonds. The first-order valence-electron chi connectivity index (χ1n) is 5.10. The summed E-state index contributed by atoms with van der Waals surface area (Å²) in [5, 5.41) is 2.49. The van der Waals surface area contributed by atoms with Gasteiger partial charge in [0, 0.05) is 6.54 Å². The van der Waals surface area contributed by atoms with Crippen molar-refractivity contribution < 1.29 is 17.9 Å².